The molecule has 0 atom stereocenters. The van der Waals surface area contributed by atoms with Crippen molar-refractivity contribution in [2.24, 2.45) is 0 Å². The molecule has 0 amide bonds. The first-order valence-electron chi connectivity index (χ1n) is 19.8. The van der Waals surface area contributed by atoms with Gasteiger partial charge in [-0.2, -0.15) is 5.26 Å². The molecule has 0 spiro atoms. The van der Waals surface area contributed by atoms with Gasteiger partial charge in [0.15, 0.2) is 0 Å². The van der Waals surface area contributed by atoms with Crippen LogP contribution >= 0.6 is 81.7 Å². The minimum atomic E-state index is -0.358. The monoisotopic (exact) mass is 1010 g/mol. The van der Waals surface area contributed by atoms with Crippen LogP contribution in [0.2, 0.25) is 20.1 Å². The topological polar surface area (TPSA) is 148 Å². The molecule has 0 saturated heterocycles. The second-order valence-corrected chi connectivity index (χ2v) is 18.6. The van der Waals surface area contributed by atoms with Crippen molar-refractivity contribution in [3.05, 3.63) is 212 Å². The number of terminal acetylenes is 2. The summed E-state index contributed by atoms with van der Waals surface area (Å²) >= 11 is 28.8. The van der Waals surface area contributed by atoms with Crippen LogP contribution < -0.4 is 16.7 Å². The number of rotatable bonds is 9. The maximum Gasteiger partial charge on any atom is 0.268 e. The third kappa shape index (κ3) is 11.6. The molecule has 0 bridgehead atoms. The normalized spacial score (nSPS) is 10.6. The predicted molar refractivity (Wildman–Crippen MR) is 278 cm³/mol. The minimum absolute atomic E-state index is 0.151. The first-order valence-corrected chi connectivity index (χ1v) is 24.3. The standard InChI is InChI=1S/C17H10Cl2N2OS.2C17H11ClN2OS/c1-2-14-10(4-3-7-20-14)9-23-17-13-8-11(18)5-6-12(13)15(19)16(22)21-17;18-15-8-4-1-5-11(15)10-22-17-13-7-3-2-6-12(13)14(9-19)16(21)20-17;1-2-14-11(6-5-9-19-14)10-22-17-13-8-4-3-7-12(13)15(18)16(21)20-17/h1,3-8H,9H2,(H,21,22);1-8H,10H2,(H,20,21);1,3-9H,10H2,(H,20,21). The molecule has 4 aromatic carbocycles. The number of fused-ring (bicyclic) bond motifs is 3. The number of hydrogen-bond acceptors (Lipinski definition) is 9. The number of halogens is 4. The van der Waals surface area contributed by atoms with E-state index in [1.807, 2.05) is 97.1 Å². The van der Waals surface area contributed by atoms with Crippen LogP contribution in [0.3, 0.4) is 0 Å². The SMILES string of the molecule is C#Cc1ncccc1CSc1[nH]c(=O)c(Cl)c2ccc(Cl)cc12.C#Cc1ncccc1CSc1[nH]c(=O)c(Cl)c2ccccc12.N#Cc1c(=O)[nH]c(SCc2ccccc2Cl)c2ccccc12. The fourth-order valence-corrected chi connectivity index (χ4v) is 10.6. The van der Waals surface area contributed by atoms with Crippen LogP contribution in [0.4, 0.5) is 0 Å². The summed E-state index contributed by atoms with van der Waals surface area (Å²) in [5, 5.41) is 17.7. The van der Waals surface area contributed by atoms with Crippen LogP contribution in [0, 0.1) is 36.0 Å². The number of nitrogens with one attached hydrogen (secondary N) is 3. The van der Waals surface area contributed by atoms with Gasteiger partial charge in [0, 0.05) is 72.0 Å². The lowest BCUT2D eigenvalue weighted by molar-refractivity contribution is 1.10. The molecule has 16 heteroatoms. The lowest BCUT2D eigenvalue weighted by Crippen LogP contribution is -2.11. The molecule has 0 saturated carbocycles. The van der Waals surface area contributed by atoms with Gasteiger partial charge in [0.25, 0.3) is 16.7 Å². The van der Waals surface area contributed by atoms with Crippen LogP contribution in [0.1, 0.15) is 33.6 Å². The van der Waals surface area contributed by atoms with Gasteiger partial charge >= 0.3 is 0 Å². The van der Waals surface area contributed by atoms with Crippen LogP contribution in [0.15, 0.2) is 157 Å². The van der Waals surface area contributed by atoms with E-state index in [4.69, 9.17) is 64.5 Å². The first kappa shape index (κ1) is 48.6. The average molecular weight is 1010 g/mol. The summed E-state index contributed by atoms with van der Waals surface area (Å²) in [5.41, 5.74) is 3.28. The summed E-state index contributed by atoms with van der Waals surface area (Å²) in [6.45, 7) is 0. The third-order valence-electron chi connectivity index (χ3n) is 9.86. The highest BCUT2D eigenvalue weighted by Crippen LogP contribution is 2.34. The zero-order valence-corrected chi connectivity index (χ0v) is 40.2. The van der Waals surface area contributed by atoms with E-state index >= 15 is 0 Å². The molecule has 9 rings (SSSR count). The van der Waals surface area contributed by atoms with E-state index < -0.39 is 0 Å². The number of hydrogen-bond donors (Lipinski definition) is 3. The van der Waals surface area contributed by atoms with Gasteiger partial charge in [-0.3, -0.25) is 14.4 Å². The lowest BCUT2D eigenvalue weighted by Gasteiger charge is -2.09. The molecule has 0 fully saturated rings. The number of H-pyrrole nitrogens is 3. The van der Waals surface area contributed by atoms with Crippen molar-refractivity contribution in [3.8, 4) is 30.8 Å². The van der Waals surface area contributed by atoms with Crippen molar-refractivity contribution in [2.75, 3.05) is 0 Å². The number of pyridine rings is 5. The third-order valence-corrected chi connectivity index (χ3v) is 14.4. The van der Waals surface area contributed by atoms with Crippen LogP contribution in [-0.2, 0) is 17.3 Å². The molecule has 3 N–H and O–H groups in total. The Morgan fingerprint density at radius 1 is 0.507 bits per heavy atom. The molecular weight excluding hydrogens is 983 g/mol. The van der Waals surface area contributed by atoms with Gasteiger partial charge in [0.05, 0.1) is 15.1 Å². The highest BCUT2D eigenvalue weighted by atomic mass is 35.5. The Bertz CT molecular complexity index is 3630. The van der Waals surface area contributed by atoms with E-state index in [0.29, 0.717) is 54.5 Å². The Morgan fingerprint density at radius 2 is 0.940 bits per heavy atom. The Kier molecular flexibility index (Phi) is 16.6. The summed E-state index contributed by atoms with van der Waals surface area (Å²) in [6.07, 6.45) is 14.2. The fourth-order valence-electron chi connectivity index (χ4n) is 6.61. The number of aromatic amines is 3. The van der Waals surface area contributed by atoms with E-state index in [1.54, 1.807) is 36.7 Å². The van der Waals surface area contributed by atoms with Gasteiger partial charge in [-0.15, -0.1) is 48.1 Å². The van der Waals surface area contributed by atoms with Gasteiger partial charge in [-0.25, -0.2) is 9.97 Å². The summed E-state index contributed by atoms with van der Waals surface area (Å²) in [7, 11) is 0. The van der Waals surface area contributed by atoms with Crippen molar-refractivity contribution >= 4 is 114 Å². The van der Waals surface area contributed by atoms with E-state index in [-0.39, 0.29) is 32.3 Å². The summed E-state index contributed by atoms with van der Waals surface area (Å²) < 4.78 is 0. The maximum atomic E-state index is 12.0. The molecule has 67 heavy (non-hydrogen) atoms. The molecule has 0 radical (unpaired) electrons. The number of aromatic nitrogens is 5. The zero-order valence-electron chi connectivity index (χ0n) is 34.7. The van der Waals surface area contributed by atoms with E-state index in [2.05, 4.69) is 36.8 Å². The predicted octanol–water partition coefficient (Wildman–Crippen LogP) is 12.7. The molecule has 5 aromatic heterocycles. The Labute approximate surface area is 416 Å². The second kappa shape index (κ2) is 22.9. The van der Waals surface area contributed by atoms with Crippen molar-refractivity contribution < 1.29 is 0 Å². The van der Waals surface area contributed by atoms with Crippen LogP contribution in [-0.4, -0.2) is 24.9 Å². The van der Waals surface area contributed by atoms with Gasteiger partial charge in [0.2, 0.25) is 0 Å². The second-order valence-electron chi connectivity index (χ2n) is 14.0. The highest BCUT2D eigenvalue weighted by Gasteiger charge is 2.14. The minimum Gasteiger partial charge on any atom is -0.315 e. The van der Waals surface area contributed by atoms with Gasteiger partial charge in [-0.05, 0) is 58.9 Å². The molecule has 5 heterocycles. The molecule has 9 nitrogen and oxygen atoms in total. The molecule has 9 aromatic rings. The number of nitrogens with zero attached hydrogens (tertiary/aromatic N) is 3. The average Bonchev–Trinajstić information content (AvgIpc) is 3.35. The van der Waals surface area contributed by atoms with E-state index in [0.717, 1.165) is 48.3 Å². The quantitative estimate of drug-likeness (QED) is 0.0949. The maximum absolute atomic E-state index is 12.0. The number of thioether (sulfide) groups is 3. The van der Waals surface area contributed by atoms with Crippen molar-refractivity contribution in [1.29, 1.82) is 5.26 Å². The molecule has 0 aliphatic heterocycles. The van der Waals surface area contributed by atoms with Crippen molar-refractivity contribution in [1.82, 2.24) is 24.9 Å². The fraction of sp³-hybridized carbons (Fsp3) is 0.0588. The Balaban J connectivity index is 0.000000149. The van der Waals surface area contributed by atoms with E-state index in [9.17, 15) is 14.4 Å². The van der Waals surface area contributed by atoms with Crippen LogP contribution in [0.25, 0.3) is 32.3 Å². The molecule has 0 aliphatic rings. The first-order chi connectivity index (χ1) is 32.5. The lowest BCUT2D eigenvalue weighted by atomic mass is 10.1. The molecule has 0 aliphatic carbocycles. The summed E-state index contributed by atoms with van der Waals surface area (Å²) in [5.74, 6) is 6.97. The smallest absolute Gasteiger partial charge is 0.268 e. The molecule has 330 valence electrons. The van der Waals surface area contributed by atoms with Crippen molar-refractivity contribution in [2.45, 2.75) is 32.3 Å². The number of nitriles is 1. The van der Waals surface area contributed by atoms with Gasteiger partial charge < -0.3 is 15.0 Å². The Morgan fingerprint density at radius 3 is 1.48 bits per heavy atom. The zero-order chi connectivity index (χ0) is 47.5. The Hall–Kier alpha value is -6.37. The van der Waals surface area contributed by atoms with E-state index in [1.165, 1.54) is 35.3 Å². The van der Waals surface area contributed by atoms with Crippen molar-refractivity contribution in [3.63, 3.8) is 0 Å². The summed E-state index contributed by atoms with van der Waals surface area (Å²) in [4.78, 5) is 52.7. The van der Waals surface area contributed by atoms with Gasteiger partial charge in [0.1, 0.15) is 33.1 Å². The molecule has 0 unspecified atom stereocenters. The molecular formula is C51H32Cl4N6O3S3. The summed E-state index contributed by atoms with van der Waals surface area (Å²) in [6, 6.07) is 37.3. The van der Waals surface area contributed by atoms with Gasteiger partial charge in [-0.1, -0.05) is 131 Å². The number of benzene rings is 4. The van der Waals surface area contributed by atoms with Crippen LogP contribution in [0.5, 0.6) is 0 Å². The largest absolute Gasteiger partial charge is 0.315 e. The highest BCUT2D eigenvalue weighted by molar-refractivity contribution is 7.99.